The van der Waals surface area contributed by atoms with E-state index in [9.17, 15) is 4.79 Å². The molecule has 0 bridgehead atoms. The van der Waals surface area contributed by atoms with Crippen LogP contribution in [0.4, 0.5) is 4.79 Å². The van der Waals surface area contributed by atoms with Crippen LogP contribution < -0.4 is 5.90 Å². The van der Waals surface area contributed by atoms with Crippen molar-refractivity contribution in [2.45, 2.75) is 39.0 Å². The molecule has 0 saturated carbocycles. The van der Waals surface area contributed by atoms with Gasteiger partial charge >= 0.3 is 6.09 Å². The fraction of sp³-hybridized carbons (Fsp3) is 0.909. The van der Waals surface area contributed by atoms with E-state index in [2.05, 4.69) is 11.8 Å². The van der Waals surface area contributed by atoms with E-state index < -0.39 is 0 Å². The molecular formula is C11H24N2O3. The average Bonchev–Trinajstić information content (AvgIpc) is 2.28. The largest absolute Gasteiger partial charge is 0.447 e. The summed E-state index contributed by atoms with van der Waals surface area (Å²) in [5, 5.41) is 0. The molecule has 5 heteroatoms. The van der Waals surface area contributed by atoms with Crippen LogP contribution in [0.3, 0.4) is 0 Å². The zero-order chi connectivity index (χ0) is 12.2. The first-order valence-electron chi connectivity index (χ1n) is 5.92. The predicted molar refractivity (Wildman–Crippen MR) is 62.9 cm³/mol. The minimum Gasteiger partial charge on any atom is -0.447 e. The third-order valence-electron chi connectivity index (χ3n) is 2.34. The lowest BCUT2D eigenvalue weighted by molar-refractivity contribution is 0.0586. The highest BCUT2D eigenvalue weighted by Gasteiger charge is 2.08. The van der Waals surface area contributed by atoms with Crippen LogP contribution in [0.5, 0.6) is 0 Å². The zero-order valence-corrected chi connectivity index (χ0v) is 10.4. The molecule has 0 spiro atoms. The number of hydrogen-bond donors (Lipinski definition) is 1. The summed E-state index contributed by atoms with van der Waals surface area (Å²) < 4.78 is 4.90. The molecule has 16 heavy (non-hydrogen) atoms. The van der Waals surface area contributed by atoms with Crippen molar-refractivity contribution in [3.8, 4) is 0 Å². The molecule has 0 unspecified atom stereocenters. The van der Waals surface area contributed by atoms with Gasteiger partial charge in [0.2, 0.25) is 0 Å². The first-order chi connectivity index (χ1) is 7.72. The molecule has 2 N–H and O–H groups in total. The third-order valence-corrected chi connectivity index (χ3v) is 2.34. The highest BCUT2D eigenvalue weighted by atomic mass is 16.6. The summed E-state index contributed by atoms with van der Waals surface area (Å²) in [6.45, 7) is 3.36. The quantitative estimate of drug-likeness (QED) is 0.487. The summed E-state index contributed by atoms with van der Waals surface area (Å²) in [4.78, 5) is 17.2. The Morgan fingerprint density at radius 2 is 1.88 bits per heavy atom. The van der Waals surface area contributed by atoms with E-state index in [1.165, 1.54) is 19.3 Å². The first kappa shape index (κ1) is 15.2. The number of carbonyl (C=O) groups is 1. The molecule has 96 valence electrons. The number of nitrogens with two attached hydrogens (primary N) is 1. The molecule has 0 rings (SSSR count). The topological polar surface area (TPSA) is 64.8 Å². The second-order valence-corrected chi connectivity index (χ2v) is 3.82. The molecule has 0 radical (unpaired) electrons. The van der Waals surface area contributed by atoms with Gasteiger partial charge in [0, 0.05) is 13.6 Å². The minimum atomic E-state index is -0.312. The monoisotopic (exact) mass is 232 g/mol. The summed E-state index contributed by atoms with van der Waals surface area (Å²) in [5.74, 6) is 4.81. The summed E-state index contributed by atoms with van der Waals surface area (Å²) in [7, 11) is 1.74. The van der Waals surface area contributed by atoms with Crippen LogP contribution >= 0.6 is 0 Å². The van der Waals surface area contributed by atoms with Crippen molar-refractivity contribution in [1.82, 2.24) is 4.90 Å². The van der Waals surface area contributed by atoms with Crippen molar-refractivity contribution in [2.24, 2.45) is 5.90 Å². The Kier molecular flexibility index (Phi) is 10.2. The Hall–Kier alpha value is -0.810. The molecule has 0 aliphatic rings. The number of rotatable bonds is 9. The standard InChI is InChI=1S/C11H24N2O3/c1-3-4-5-6-7-8-13(2)11(14)15-9-10-16-12/h3-10,12H2,1-2H3. The molecule has 0 aromatic rings. The van der Waals surface area contributed by atoms with Crippen LogP contribution in [-0.4, -0.2) is 37.8 Å². The SMILES string of the molecule is CCCCCCCN(C)C(=O)OCCON. The Bertz CT molecular complexity index is 177. The van der Waals surface area contributed by atoms with Crippen molar-refractivity contribution in [3.63, 3.8) is 0 Å². The van der Waals surface area contributed by atoms with E-state index >= 15 is 0 Å². The molecule has 0 heterocycles. The number of hydrogen-bond acceptors (Lipinski definition) is 4. The highest BCUT2D eigenvalue weighted by Crippen LogP contribution is 2.03. The molecule has 0 aliphatic carbocycles. The normalized spacial score (nSPS) is 10.2. The van der Waals surface area contributed by atoms with Crippen molar-refractivity contribution in [3.05, 3.63) is 0 Å². The summed E-state index contributed by atoms with van der Waals surface area (Å²) >= 11 is 0. The summed E-state index contributed by atoms with van der Waals surface area (Å²) in [5.41, 5.74) is 0. The number of unbranched alkanes of at least 4 members (excludes halogenated alkanes) is 4. The van der Waals surface area contributed by atoms with Crippen molar-refractivity contribution >= 4 is 6.09 Å². The Balaban J connectivity index is 3.40. The number of ether oxygens (including phenoxy) is 1. The van der Waals surface area contributed by atoms with Crippen LogP contribution in [0.25, 0.3) is 0 Å². The molecule has 0 aromatic heterocycles. The van der Waals surface area contributed by atoms with Crippen LogP contribution in [0.15, 0.2) is 0 Å². The van der Waals surface area contributed by atoms with Crippen LogP contribution in [-0.2, 0) is 9.57 Å². The van der Waals surface area contributed by atoms with Gasteiger partial charge < -0.3 is 14.5 Å². The minimum absolute atomic E-state index is 0.204. The number of nitrogens with zero attached hydrogens (tertiary/aromatic N) is 1. The highest BCUT2D eigenvalue weighted by molar-refractivity contribution is 5.67. The van der Waals surface area contributed by atoms with E-state index in [0.29, 0.717) is 0 Å². The second kappa shape index (κ2) is 10.7. The van der Waals surface area contributed by atoms with Gasteiger partial charge in [-0.3, -0.25) is 0 Å². The van der Waals surface area contributed by atoms with E-state index in [1.54, 1.807) is 11.9 Å². The van der Waals surface area contributed by atoms with Gasteiger partial charge in [-0.2, -0.15) is 0 Å². The van der Waals surface area contributed by atoms with E-state index in [1.807, 2.05) is 0 Å². The van der Waals surface area contributed by atoms with Crippen LogP contribution in [0, 0.1) is 0 Å². The molecule has 0 aliphatic heterocycles. The maximum Gasteiger partial charge on any atom is 0.409 e. The Labute approximate surface area is 97.8 Å². The van der Waals surface area contributed by atoms with Gasteiger partial charge in [-0.25, -0.2) is 10.7 Å². The molecule has 1 amide bonds. The predicted octanol–water partition coefficient (Wildman–Crippen LogP) is 1.92. The molecule has 0 saturated heterocycles. The number of carbonyl (C=O) groups excluding carboxylic acids is 1. The van der Waals surface area contributed by atoms with Crippen LogP contribution in [0.2, 0.25) is 0 Å². The van der Waals surface area contributed by atoms with Gasteiger partial charge in [-0.15, -0.1) is 0 Å². The fourth-order valence-electron chi connectivity index (χ4n) is 1.33. The van der Waals surface area contributed by atoms with Gasteiger partial charge in [0.05, 0.1) is 0 Å². The molecule has 5 nitrogen and oxygen atoms in total. The maximum absolute atomic E-state index is 11.3. The van der Waals surface area contributed by atoms with Gasteiger partial charge in [0.1, 0.15) is 13.2 Å². The Morgan fingerprint density at radius 1 is 1.19 bits per heavy atom. The fourth-order valence-corrected chi connectivity index (χ4v) is 1.33. The van der Waals surface area contributed by atoms with Gasteiger partial charge in [-0.05, 0) is 6.42 Å². The van der Waals surface area contributed by atoms with Crippen molar-refractivity contribution in [1.29, 1.82) is 0 Å². The van der Waals surface area contributed by atoms with Crippen molar-refractivity contribution < 1.29 is 14.4 Å². The van der Waals surface area contributed by atoms with E-state index in [4.69, 9.17) is 10.6 Å². The number of amides is 1. The average molecular weight is 232 g/mol. The van der Waals surface area contributed by atoms with Crippen LogP contribution in [0.1, 0.15) is 39.0 Å². The molecule has 0 aromatic carbocycles. The Morgan fingerprint density at radius 3 is 2.50 bits per heavy atom. The lowest BCUT2D eigenvalue weighted by atomic mass is 10.1. The summed E-state index contributed by atoms with van der Waals surface area (Å²) in [6, 6.07) is 0. The first-order valence-corrected chi connectivity index (χ1v) is 5.92. The smallest absolute Gasteiger partial charge is 0.409 e. The molecule has 0 fully saturated rings. The summed E-state index contributed by atoms with van der Waals surface area (Å²) in [6.07, 6.45) is 5.61. The van der Waals surface area contributed by atoms with E-state index in [0.717, 1.165) is 19.4 Å². The van der Waals surface area contributed by atoms with Gasteiger partial charge in [0.15, 0.2) is 0 Å². The zero-order valence-electron chi connectivity index (χ0n) is 10.4. The van der Waals surface area contributed by atoms with Gasteiger partial charge in [-0.1, -0.05) is 32.6 Å². The van der Waals surface area contributed by atoms with E-state index in [-0.39, 0.29) is 19.3 Å². The second-order valence-electron chi connectivity index (χ2n) is 3.82. The van der Waals surface area contributed by atoms with Gasteiger partial charge in [0.25, 0.3) is 0 Å². The van der Waals surface area contributed by atoms with Crippen molar-refractivity contribution in [2.75, 3.05) is 26.8 Å². The third kappa shape index (κ3) is 8.49. The molecule has 0 atom stereocenters. The lowest BCUT2D eigenvalue weighted by Crippen LogP contribution is -2.29. The maximum atomic E-state index is 11.3. The lowest BCUT2D eigenvalue weighted by Gasteiger charge is -2.16. The molecular weight excluding hydrogens is 208 g/mol.